The predicted molar refractivity (Wildman–Crippen MR) is 82.9 cm³/mol. The van der Waals surface area contributed by atoms with Crippen molar-refractivity contribution in [2.45, 2.75) is 6.92 Å². The largest absolute Gasteiger partial charge is 0.508 e. The highest BCUT2D eigenvalue weighted by molar-refractivity contribution is 6.08. The third-order valence-corrected chi connectivity index (χ3v) is 3.02. The molecule has 0 saturated carbocycles. The molecule has 0 saturated heterocycles. The number of nitrogens with zero attached hydrogens (tertiary/aromatic N) is 1. The molecule has 5 heteroatoms. The second-order valence-corrected chi connectivity index (χ2v) is 4.58. The van der Waals surface area contributed by atoms with Gasteiger partial charge >= 0.3 is 5.97 Å². The normalized spacial score (nSPS) is 10.0. The van der Waals surface area contributed by atoms with Crippen molar-refractivity contribution in [1.29, 1.82) is 0 Å². The Morgan fingerprint density at radius 2 is 1.68 bits per heavy atom. The Labute approximate surface area is 128 Å². The fourth-order valence-electron chi connectivity index (χ4n) is 1.99. The molecule has 22 heavy (non-hydrogen) atoms. The molecule has 2 rings (SSSR count). The van der Waals surface area contributed by atoms with E-state index in [-0.39, 0.29) is 24.8 Å². The summed E-state index contributed by atoms with van der Waals surface area (Å²) in [5, 5.41) is 9.37. The Morgan fingerprint density at radius 3 is 2.27 bits per heavy atom. The number of amides is 1. The first-order valence-corrected chi connectivity index (χ1v) is 6.93. The number of carbonyl (C=O) groups is 2. The third-order valence-electron chi connectivity index (χ3n) is 3.02. The molecule has 0 aliphatic rings. The minimum atomic E-state index is -0.486. The van der Waals surface area contributed by atoms with Gasteiger partial charge < -0.3 is 9.84 Å². The Balaban J connectivity index is 2.30. The van der Waals surface area contributed by atoms with Crippen molar-refractivity contribution in [1.82, 2.24) is 0 Å². The first-order chi connectivity index (χ1) is 10.6. The molecule has 2 aromatic rings. The molecule has 2 aromatic carbocycles. The van der Waals surface area contributed by atoms with E-state index in [1.54, 1.807) is 43.3 Å². The smallest absolute Gasteiger partial charge is 0.326 e. The average Bonchev–Trinajstić information content (AvgIpc) is 2.54. The molecule has 0 aliphatic carbocycles. The summed E-state index contributed by atoms with van der Waals surface area (Å²) in [4.78, 5) is 25.7. The van der Waals surface area contributed by atoms with E-state index >= 15 is 0 Å². The quantitative estimate of drug-likeness (QED) is 0.862. The minimum Gasteiger partial charge on any atom is -0.508 e. The van der Waals surface area contributed by atoms with Crippen molar-refractivity contribution in [3.05, 3.63) is 60.2 Å². The Morgan fingerprint density at radius 1 is 1.05 bits per heavy atom. The number of aromatic hydroxyl groups is 1. The molecule has 0 heterocycles. The fraction of sp³-hybridized carbons (Fsp3) is 0.176. The third kappa shape index (κ3) is 3.85. The number of ether oxygens (including phenoxy) is 1. The molecule has 0 bridgehead atoms. The van der Waals surface area contributed by atoms with Crippen LogP contribution in [-0.2, 0) is 9.53 Å². The van der Waals surface area contributed by atoms with Crippen molar-refractivity contribution in [3.63, 3.8) is 0 Å². The van der Waals surface area contributed by atoms with E-state index in [1.807, 2.05) is 6.07 Å². The van der Waals surface area contributed by atoms with E-state index < -0.39 is 5.97 Å². The van der Waals surface area contributed by atoms with Gasteiger partial charge in [-0.3, -0.25) is 14.5 Å². The molecular weight excluding hydrogens is 282 g/mol. The summed E-state index contributed by atoms with van der Waals surface area (Å²) in [6.45, 7) is 1.77. The average molecular weight is 299 g/mol. The number of phenols is 1. The van der Waals surface area contributed by atoms with Crippen LogP contribution in [0.25, 0.3) is 0 Å². The van der Waals surface area contributed by atoms with Gasteiger partial charge in [0.1, 0.15) is 12.3 Å². The van der Waals surface area contributed by atoms with Crippen molar-refractivity contribution in [3.8, 4) is 5.75 Å². The van der Waals surface area contributed by atoms with Gasteiger partial charge in [0.15, 0.2) is 0 Å². The Hall–Kier alpha value is -2.82. The summed E-state index contributed by atoms with van der Waals surface area (Å²) in [5.74, 6) is -0.703. The van der Waals surface area contributed by atoms with Gasteiger partial charge in [0.05, 0.1) is 6.61 Å². The summed E-state index contributed by atoms with van der Waals surface area (Å²) in [6.07, 6.45) is 0. The van der Waals surface area contributed by atoms with Gasteiger partial charge in [0.25, 0.3) is 5.91 Å². The maximum atomic E-state index is 12.6. The monoisotopic (exact) mass is 299 g/mol. The lowest BCUT2D eigenvalue weighted by molar-refractivity contribution is -0.141. The summed E-state index contributed by atoms with van der Waals surface area (Å²) in [7, 11) is 0. The number of benzene rings is 2. The highest BCUT2D eigenvalue weighted by atomic mass is 16.5. The molecule has 0 spiro atoms. The van der Waals surface area contributed by atoms with Crippen LogP contribution in [0.2, 0.25) is 0 Å². The highest BCUT2D eigenvalue weighted by Gasteiger charge is 2.21. The SMILES string of the molecule is CCOC(=O)CN(C(=O)c1ccccc1)c1ccc(O)cc1. The molecule has 5 nitrogen and oxygen atoms in total. The zero-order valence-electron chi connectivity index (χ0n) is 12.2. The van der Waals surface area contributed by atoms with Gasteiger partial charge in [-0.15, -0.1) is 0 Å². The predicted octanol–water partition coefficient (Wildman–Crippen LogP) is 2.60. The van der Waals surface area contributed by atoms with Crippen LogP contribution in [-0.4, -0.2) is 30.1 Å². The van der Waals surface area contributed by atoms with Gasteiger partial charge in [0, 0.05) is 11.3 Å². The summed E-state index contributed by atoms with van der Waals surface area (Å²) in [6, 6.07) is 14.8. The molecule has 0 aromatic heterocycles. The first kappa shape index (κ1) is 15.6. The van der Waals surface area contributed by atoms with Crippen LogP contribution in [0.15, 0.2) is 54.6 Å². The minimum absolute atomic E-state index is 0.0898. The second kappa shape index (κ2) is 7.26. The molecule has 0 radical (unpaired) electrons. The van der Waals surface area contributed by atoms with E-state index in [9.17, 15) is 14.7 Å². The van der Waals surface area contributed by atoms with Crippen LogP contribution >= 0.6 is 0 Å². The van der Waals surface area contributed by atoms with Gasteiger partial charge in [-0.05, 0) is 43.3 Å². The summed E-state index contributed by atoms with van der Waals surface area (Å²) < 4.78 is 4.92. The number of hydrogen-bond donors (Lipinski definition) is 1. The van der Waals surface area contributed by atoms with Gasteiger partial charge in [-0.2, -0.15) is 0 Å². The first-order valence-electron chi connectivity index (χ1n) is 6.93. The number of esters is 1. The van der Waals surface area contributed by atoms with Gasteiger partial charge in [-0.1, -0.05) is 18.2 Å². The van der Waals surface area contributed by atoms with Crippen molar-refractivity contribution in [2.75, 3.05) is 18.1 Å². The number of anilines is 1. The highest BCUT2D eigenvalue weighted by Crippen LogP contribution is 2.20. The van der Waals surface area contributed by atoms with E-state index in [1.165, 1.54) is 17.0 Å². The Kier molecular flexibility index (Phi) is 5.14. The summed E-state index contributed by atoms with van der Waals surface area (Å²) in [5.41, 5.74) is 0.986. The number of rotatable bonds is 5. The lowest BCUT2D eigenvalue weighted by atomic mass is 10.1. The molecule has 1 N–H and O–H groups in total. The van der Waals surface area contributed by atoms with E-state index in [4.69, 9.17) is 4.74 Å². The van der Waals surface area contributed by atoms with Crippen LogP contribution < -0.4 is 4.90 Å². The van der Waals surface area contributed by atoms with Gasteiger partial charge in [0.2, 0.25) is 0 Å². The van der Waals surface area contributed by atoms with Crippen molar-refractivity contribution in [2.24, 2.45) is 0 Å². The lowest BCUT2D eigenvalue weighted by Crippen LogP contribution is -2.36. The summed E-state index contributed by atoms with van der Waals surface area (Å²) >= 11 is 0. The maximum absolute atomic E-state index is 12.6. The van der Waals surface area contributed by atoms with E-state index in [2.05, 4.69) is 0 Å². The number of carbonyl (C=O) groups excluding carboxylic acids is 2. The van der Waals surface area contributed by atoms with Crippen LogP contribution in [0.4, 0.5) is 5.69 Å². The van der Waals surface area contributed by atoms with Crippen LogP contribution in [0.1, 0.15) is 17.3 Å². The molecule has 0 unspecified atom stereocenters. The fourth-order valence-corrected chi connectivity index (χ4v) is 1.99. The van der Waals surface area contributed by atoms with E-state index in [0.717, 1.165) is 0 Å². The van der Waals surface area contributed by atoms with Gasteiger partial charge in [-0.25, -0.2) is 0 Å². The molecule has 0 atom stereocenters. The standard InChI is InChI=1S/C17H17NO4/c1-2-22-16(20)12-18(14-8-10-15(19)11-9-14)17(21)13-6-4-3-5-7-13/h3-11,19H,2,12H2,1H3. The number of hydrogen-bond acceptors (Lipinski definition) is 4. The van der Waals surface area contributed by atoms with Crippen LogP contribution in [0, 0.1) is 0 Å². The maximum Gasteiger partial charge on any atom is 0.326 e. The van der Waals surface area contributed by atoms with Crippen molar-refractivity contribution < 1.29 is 19.4 Å². The van der Waals surface area contributed by atoms with Crippen LogP contribution in [0.3, 0.4) is 0 Å². The van der Waals surface area contributed by atoms with Crippen LogP contribution in [0.5, 0.6) is 5.75 Å². The molecule has 0 aliphatic heterocycles. The molecule has 0 fully saturated rings. The second-order valence-electron chi connectivity index (χ2n) is 4.58. The topological polar surface area (TPSA) is 66.8 Å². The van der Waals surface area contributed by atoms with Crippen molar-refractivity contribution >= 4 is 17.6 Å². The lowest BCUT2D eigenvalue weighted by Gasteiger charge is -2.22. The Bertz CT molecular complexity index is 637. The molecule has 1 amide bonds. The molecule has 114 valence electrons. The molecular formula is C17H17NO4. The number of phenolic OH excluding ortho intramolecular Hbond substituents is 1. The zero-order chi connectivity index (χ0) is 15.9. The van der Waals surface area contributed by atoms with E-state index in [0.29, 0.717) is 11.3 Å². The zero-order valence-corrected chi connectivity index (χ0v) is 12.2.